The smallest absolute Gasteiger partial charge is 0.337 e. The fourth-order valence-electron chi connectivity index (χ4n) is 3.70. The second kappa shape index (κ2) is 16.5. The first kappa shape index (κ1) is 25.7. The highest BCUT2D eigenvalue weighted by Gasteiger charge is 2.17. The van der Waals surface area contributed by atoms with E-state index in [9.17, 15) is 4.79 Å². The highest BCUT2D eigenvalue weighted by atomic mass is 35.5. The van der Waals surface area contributed by atoms with E-state index in [4.69, 9.17) is 9.47 Å². The summed E-state index contributed by atoms with van der Waals surface area (Å²) in [5.74, 6) is 0.372. The minimum Gasteiger partial charge on any atom is -0.425 e. The summed E-state index contributed by atoms with van der Waals surface area (Å²) in [6, 6.07) is 8.04. The van der Waals surface area contributed by atoms with Gasteiger partial charge in [0.05, 0.1) is 0 Å². The van der Waals surface area contributed by atoms with Gasteiger partial charge in [0.15, 0.2) is 0 Å². The number of allylic oxidation sites excluding steroid dienone is 1. The molecule has 1 aromatic carbocycles. The summed E-state index contributed by atoms with van der Waals surface area (Å²) < 4.78 is 10.9. The standard InChI is InChI=1S/C25H38O3.ClH/c1-2-3-4-5-6-7-8-9-10-11-12-15-20-27-21-25(26)28-24-19-18-22-16-13-14-17-23(22)24;/h13-14,16-17,19H,2-12,15,18,20-21H2,1H3;1H. The molecule has 0 bridgehead atoms. The van der Waals surface area contributed by atoms with Crippen LogP contribution in [0, 0.1) is 0 Å². The minimum atomic E-state index is -0.304. The number of ether oxygens (including phenoxy) is 2. The molecule has 0 spiro atoms. The monoisotopic (exact) mass is 422 g/mol. The van der Waals surface area contributed by atoms with Crippen molar-refractivity contribution in [1.82, 2.24) is 0 Å². The lowest BCUT2D eigenvalue weighted by Gasteiger charge is -2.08. The zero-order valence-electron chi connectivity index (χ0n) is 18.1. The van der Waals surface area contributed by atoms with Crippen molar-refractivity contribution in [2.75, 3.05) is 13.2 Å². The van der Waals surface area contributed by atoms with Crippen molar-refractivity contribution < 1.29 is 14.3 Å². The van der Waals surface area contributed by atoms with Crippen LogP contribution in [0.2, 0.25) is 0 Å². The Morgan fingerprint density at radius 3 is 2.10 bits per heavy atom. The van der Waals surface area contributed by atoms with Crippen molar-refractivity contribution >= 4 is 24.1 Å². The van der Waals surface area contributed by atoms with Crippen molar-refractivity contribution in [3.63, 3.8) is 0 Å². The molecule has 29 heavy (non-hydrogen) atoms. The van der Waals surface area contributed by atoms with Gasteiger partial charge in [-0.25, -0.2) is 4.79 Å². The maximum absolute atomic E-state index is 11.9. The van der Waals surface area contributed by atoms with Gasteiger partial charge in [-0.15, -0.1) is 12.4 Å². The second-order valence-corrected chi connectivity index (χ2v) is 7.85. The molecular weight excluding hydrogens is 384 g/mol. The predicted molar refractivity (Wildman–Crippen MR) is 123 cm³/mol. The Morgan fingerprint density at radius 2 is 1.45 bits per heavy atom. The molecule has 0 unspecified atom stereocenters. The zero-order chi connectivity index (χ0) is 19.9. The van der Waals surface area contributed by atoms with Gasteiger partial charge in [-0.05, 0) is 24.5 Å². The highest BCUT2D eigenvalue weighted by Crippen LogP contribution is 2.27. The van der Waals surface area contributed by atoms with Crippen LogP contribution < -0.4 is 0 Å². The SMILES string of the molecule is CCCCCCCCCCCCCCOCC(=O)OC1=CCc2ccccc21.Cl. The Hall–Kier alpha value is -1.32. The number of carbonyl (C=O) groups is 1. The summed E-state index contributed by atoms with van der Waals surface area (Å²) >= 11 is 0. The summed E-state index contributed by atoms with van der Waals surface area (Å²) in [7, 11) is 0. The number of fused-ring (bicyclic) bond motifs is 1. The number of hydrogen-bond acceptors (Lipinski definition) is 3. The minimum absolute atomic E-state index is 0. The molecule has 0 atom stereocenters. The molecule has 0 aliphatic heterocycles. The molecule has 0 saturated heterocycles. The number of esters is 1. The largest absolute Gasteiger partial charge is 0.425 e. The molecule has 1 aliphatic carbocycles. The van der Waals surface area contributed by atoms with E-state index < -0.39 is 0 Å². The molecule has 3 nitrogen and oxygen atoms in total. The van der Waals surface area contributed by atoms with E-state index >= 15 is 0 Å². The molecule has 0 saturated carbocycles. The lowest BCUT2D eigenvalue weighted by Crippen LogP contribution is -2.12. The van der Waals surface area contributed by atoms with Gasteiger partial charge in [-0.2, -0.15) is 0 Å². The Morgan fingerprint density at radius 1 is 0.862 bits per heavy atom. The maximum Gasteiger partial charge on any atom is 0.337 e. The average molecular weight is 423 g/mol. The van der Waals surface area contributed by atoms with E-state index in [1.807, 2.05) is 24.3 Å². The quantitative estimate of drug-likeness (QED) is 0.207. The highest BCUT2D eigenvalue weighted by molar-refractivity contribution is 5.85. The van der Waals surface area contributed by atoms with Crippen LogP contribution in [-0.4, -0.2) is 19.2 Å². The van der Waals surface area contributed by atoms with E-state index in [1.165, 1.54) is 76.2 Å². The number of hydrogen-bond donors (Lipinski definition) is 0. The molecule has 0 aromatic heterocycles. The molecule has 0 amide bonds. The van der Waals surface area contributed by atoms with Crippen LogP contribution in [-0.2, 0) is 20.7 Å². The van der Waals surface area contributed by atoms with E-state index in [2.05, 4.69) is 13.0 Å². The fourth-order valence-corrected chi connectivity index (χ4v) is 3.70. The van der Waals surface area contributed by atoms with Crippen molar-refractivity contribution in [2.24, 2.45) is 0 Å². The van der Waals surface area contributed by atoms with Crippen molar-refractivity contribution in [3.8, 4) is 0 Å². The van der Waals surface area contributed by atoms with Gasteiger partial charge >= 0.3 is 5.97 Å². The van der Waals surface area contributed by atoms with Gasteiger partial charge in [-0.1, -0.05) is 102 Å². The Labute approximate surface area is 183 Å². The molecule has 0 heterocycles. The molecule has 0 radical (unpaired) electrons. The van der Waals surface area contributed by atoms with Crippen molar-refractivity contribution in [3.05, 3.63) is 41.5 Å². The number of rotatable bonds is 16. The third-order valence-electron chi connectivity index (χ3n) is 5.38. The first-order chi connectivity index (χ1) is 13.8. The van der Waals surface area contributed by atoms with Gasteiger partial charge in [0, 0.05) is 12.2 Å². The van der Waals surface area contributed by atoms with Crippen LogP contribution in [0.25, 0.3) is 5.76 Å². The lowest BCUT2D eigenvalue weighted by molar-refractivity contribution is -0.141. The molecule has 1 aromatic rings. The average Bonchev–Trinajstić information content (AvgIpc) is 3.11. The summed E-state index contributed by atoms with van der Waals surface area (Å²) in [5, 5.41) is 0. The van der Waals surface area contributed by atoms with Gasteiger partial charge in [-0.3, -0.25) is 0 Å². The number of unbranched alkanes of at least 4 members (excludes halogenated alkanes) is 11. The van der Waals surface area contributed by atoms with Crippen LogP contribution in [0.5, 0.6) is 0 Å². The summed E-state index contributed by atoms with van der Waals surface area (Å²) in [4.78, 5) is 11.9. The van der Waals surface area contributed by atoms with E-state index in [1.54, 1.807) is 0 Å². The van der Waals surface area contributed by atoms with Crippen LogP contribution in [0.1, 0.15) is 95.1 Å². The normalized spacial score (nSPS) is 12.2. The van der Waals surface area contributed by atoms with E-state index in [-0.39, 0.29) is 25.0 Å². The molecule has 0 N–H and O–H groups in total. The third-order valence-corrected chi connectivity index (χ3v) is 5.38. The first-order valence-corrected chi connectivity index (χ1v) is 11.4. The van der Waals surface area contributed by atoms with Crippen LogP contribution in [0.4, 0.5) is 0 Å². The van der Waals surface area contributed by atoms with Crippen molar-refractivity contribution in [2.45, 2.75) is 90.4 Å². The first-order valence-electron chi connectivity index (χ1n) is 11.4. The van der Waals surface area contributed by atoms with Crippen LogP contribution in [0.3, 0.4) is 0 Å². The fraction of sp³-hybridized carbons (Fsp3) is 0.640. The second-order valence-electron chi connectivity index (χ2n) is 7.85. The van der Waals surface area contributed by atoms with Gasteiger partial charge in [0.1, 0.15) is 12.4 Å². The maximum atomic E-state index is 11.9. The predicted octanol–water partition coefficient (Wildman–Crippen LogP) is 7.27. The van der Waals surface area contributed by atoms with Crippen LogP contribution in [0.15, 0.2) is 30.3 Å². The third kappa shape index (κ3) is 10.9. The number of halogens is 1. The summed E-state index contributed by atoms with van der Waals surface area (Å²) in [6.07, 6.45) is 18.7. The molecule has 164 valence electrons. The van der Waals surface area contributed by atoms with Gasteiger partial charge in [0.2, 0.25) is 0 Å². The Balaban J connectivity index is 0.00000420. The topological polar surface area (TPSA) is 35.5 Å². The van der Waals surface area contributed by atoms with Gasteiger partial charge < -0.3 is 9.47 Å². The summed E-state index contributed by atoms with van der Waals surface area (Å²) in [6.45, 7) is 2.95. The molecule has 2 rings (SSSR count). The Bertz CT molecular complexity index is 597. The molecule has 1 aliphatic rings. The number of carbonyl (C=O) groups excluding carboxylic acids is 1. The zero-order valence-corrected chi connectivity index (χ0v) is 18.9. The number of benzene rings is 1. The van der Waals surface area contributed by atoms with E-state index in [0.717, 1.165) is 18.4 Å². The molecule has 0 fully saturated rings. The lowest BCUT2D eigenvalue weighted by atomic mass is 10.1. The van der Waals surface area contributed by atoms with Gasteiger partial charge in [0.25, 0.3) is 0 Å². The Kier molecular flexibility index (Phi) is 14.6. The van der Waals surface area contributed by atoms with Crippen molar-refractivity contribution in [1.29, 1.82) is 0 Å². The molecule has 4 heteroatoms. The molecular formula is C25H39ClO3. The van der Waals surface area contributed by atoms with Crippen LogP contribution >= 0.6 is 12.4 Å². The summed E-state index contributed by atoms with van der Waals surface area (Å²) in [5.41, 5.74) is 2.24. The van der Waals surface area contributed by atoms with E-state index in [0.29, 0.717) is 12.4 Å².